The molecule has 0 aromatic carbocycles. The third kappa shape index (κ3) is 5.53. The van der Waals surface area contributed by atoms with Crippen LogP contribution in [0.4, 0.5) is 5.82 Å². The van der Waals surface area contributed by atoms with E-state index in [2.05, 4.69) is 26.9 Å². The summed E-state index contributed by atoms with van der Waals surface area (Å²) in [5.74, 6) is 1.63. The van der Waals surface area contributed by atoms with Gasteiger partial charge in [0.05, 0.1) is 25.3 Å². The molecular weight excluding hydrogens is 286 g/mol. The van der Waals surface area contributed by atoms with Crippen LogP contribution in [0.3, 0.4) is 0 Å². The molecule has 0 saturated heterocycles. The number of hydrogen-bond acceptors (Lipinski definition) is 6. The predicted molar refractivity (Wildman–Crippen MR) is 84.4 cm³/mol. The average molecular weight is 309 g/mol. The van der Waals surface area contributed by atoms with Crippen molar-refractivity contribution in [1.29, 1.82) is 0 Å². The largest absolute Gasteiger partial charge is 0.468 e. The number of ether oxygens (including phenoxy) is 1. The third-order valence-corrected chi connectivity index (χ3v) is 4.66. The molecular formula is C15H23N3O2S. The van der Waals surface area contributed by atoms with Gasteiger partial charge in [-0.15, -0.1) is 0 Å². The Balaban J connectivity index is 1.89. The number of methoxy groups -OCH3 is 1. The molecule has 0 spiro atoms. The molecule has 0 aliphatic heterocycles. The van der Waals surface area contributed by atoms with Crippen LogP contribution in [-0.2, 0) is 9.53 Å². The fourth-order valence-electron chi connectivity index (χ4n) is 2.52. The van der Waals surface area contributed by atoms with Gasteiger partial charge in [-0.1, -0.05) is 31.5 Å². The Morgan fingerprint density at radius 2 is 2.24 bits per heavy atom. The van der Waals surface area contributed by atoms with Gasteiger partial charge in [0.2, 0.25) is 0 Å². The lowest BCUT2D eigenvalue weighted by Gasteiger charge is -2.17. The van der Waals surface area contributed by atoms with Crippen molar-refractivity contribution in [3.8, 4) is 0 Å². The fourth-order valence-corrected chi connectivity index (χ4v) is 3.20. The quantitative estimate of drug-likeness (QED) is 0.512. The number of esters is 1. The second-order valence-electron chi connectivity index (χ2n) is 5.56. The van der Waals surface area contributed by atoms with Gasteiger partial charge in [0.25, 0.3) is 0 Å². The molecule has 1 aliphatic rings. The summed E-state index contributed by atoms with van der Waals surface area (Å²) in [6.07, 6.45) is 9.64. The zero-order valence-corrected chi connectivity index (χ0v) is 13.5. The van der Waals surface area contributed by atoms with Gasteiger partial charge in [0.15, 0.2) is 0 Å². The van der Waals surface area contributed by atoms with Crippen molar-refractivity contribution in [1.82, 2.24) is 9.97 Å². The van der Waals surface area contributed by atoms with Crippen LogP contribution in [0.25, 0.3) is 0 Å². The highest BCUT2D eigenvalue weighted by molar-refractivity contribution is 7.99. The van der Waals surface area contributed by atoms with Crippen molar-refractivity contribution in [2.45, 2.75) is 50.1 Å². The van der Waals surface area contributed by atoms with Crippen LogP contribution in [0.15, 0.2) is 17.4 Å². The molecule has 1 aromatic rings. The van der Waals surface area contributed by atoms with E-state index in [1.807, 2.05) is 0 Å². The first-order chi connectivity index (χ1) is 10.2. The van der Waals surface area contributed by atoms with E-state index in [0.717, 1.165) is 16.8 Å². The Bertz CT molecular complexity index is 470. The second kappa shape index (κ2) is 8.22. The summed E-state index contributed by atoms with van der Waals surface area (Å²) < 4.78 is 4.62. The standard InChI is InChI=1S/C15H23N3O2S/c1-11-4-3-5-12(7-6-11)17-13-8-16-9-14(18-13)21-10-15(19)20-2/h8-9,11-12H,3-7,10H2,1-2H3,(H,17,18). The number of anilines is 1. The van der Waals surface area contributed by atoms with Crippen LogP contribution in [0.1, 0.15) is 39.0 Å². The van der Waals surface area contributed by atoms with Crippen molar-refractivity contribution < 1.29 is 9.53 Å². The van der Waals surface area contributed by atoms with Gasteiger partial charge in [0.1, 0.15) is 10.8 Å². The number of rotatable bonds is 5. The summed E-state index contributed by atoms with van der Waals surface area (Å²) >= 11 is 1.35. The topological polar surface area (TPSA) is 64.1 Å². The fraction of sp³-hybridized carbons (Fsp3) is 0.667. The van der Waals surface area contributed by atoms with Gasteiger partial charge in [0, 0.05) is 6.04 Å². The zero-order chi connectivity index (χ0) is 15.1. The number of aromatic nitrogens is 2. The maximum atomic E-state index is 11.1. The molecule has 1 aromatic heterocycles. The van der Waals surface area contributed by atoms with E-state index in [0.29, 0.717) is 6.04 Å². The van der Waals surface area contributed by atoms with Crippen molar-refractivity contribution in [3.63, 3.8) is 0 Å². The van der Waals surface area contributed by atoms with Gasteiger partial charge >= 0.3 is 5.97 Å². The number of thioether (sulfide) groups is 1. The van der Waals surface area contributed by atoms with Crippen LogP contribution in [-0.4, -0.2) is 34.8 Å². The molecule has 2 atom stereocenters. The molecule has 5 nitrogen and oxygen atoms in total. The number of carbonyl (C=O) groups is 1. The van der Waals surface area contributed by atoms with E-state index >= 15 is 0 Å². The van der Waals surface area contributed by atoms with Crippen LogP contribution >= 0.6 is 11.8 Å². The summed E-state index contributed by atoms with van der Waals surface area (Å²) in [7, 11) is 1.39. The molecule has 0 bridgehead atoms. The Hall–Kier alpha value is -1.30. The highest BCUT2D eigenvalue weighted by atomic mass is 32.2. The molecule has 2 rings (SSSR count). The minimum atomic E-state index is -0.252. The van der Waals surface area contributed by atoms with Gasteiger partial charge in [-0.05, 0) is 25.2 Å². The summed E-state index contributed by atoms with van der Waals surface area (Å²) in [6, 6.07) is 0.477. The third-order valence-electron chi connectivity index (χ3n) is 3.79. The lowest BCUT2D eigenvalue weighted by Crippen LogP contribution is -2.19. The number of hydrogen-bond donors (Lipinski definition) is 1. The van der Waals surface area contributed by atoms with Crippen molar-refractivity contribution >= 4 is 23.5 Å². The van der Waals surface area contributed by atoms with Gasteiger partial charge in [-0.2, -0.15) is 0 Å². The van der Waals surface area contributed by atoms with Crippen molar-refractivity contribution in [3.05, 3.63) is 12.4 Å². The van der Waals surface area contributed by atoms with E-state index in [4.69, 9.17) is 0 Å². The maximum Gasteiger partial charge on any atom is 0.316 e. The summed E-state index contributed by atoms with van der Waals surface area (Å²) in [5.41, 5.74) is 0. The SMILES string of the molecule is COC(=O)CSc1cncc(NC2CCCC(C)CC2)n1. The summed E-state index contributed by atoms with van der Waals surface area (Å²) in [4.78, 5) is 19.8. The van der Waals surface area contributed by atoms with E-state index in [-0.39, 0.29) is 11.7 Å². The van der Waals surface area contributed by atoms with E-state index in [9.17, 15) is 4.79 Å². The highest BCUT2D eigenvalue weighted by Gasteiger charge is 2.16. The van der Waals surface area contributed by atoms with Crippen LogP contribution in [0.2, 0.25) is 0 Å². The Morgan fingerprint density at radius 3 is 3.05 bits per heavy atom. The van der Waals surface area contributed by atoms with Crippen molar-refractivity contribution in [2.24, 2.45) is 5.92 Å². The van der Waals surface area contributed by atoms with Crippen LogP contribution < -0.4 is 5.32 Å². The zero-order valence-electron chi connectivity index (χ0n) is 12.7. The predicted octanol–water partition coefficient (Wildman–Crippen LogP) is 3.12. The van der Waals surface area contributed by atoms with E-state index in [1.165, 1.54) is 51.0 Å². The average Bonchev–Trinajstić information content (AvgIpc) is 2.70. The lowest BCUT2D eigenvalue weighted by atomic mass is 10.0. The lowest BCUT2D eigenvalue weighted by molar-refractivity contribution is -0.137. The van der Waals surface area contributed by atoms with Crippen molar-refractivity contribution in [2.75, 3.05) is 18.2 Å². The minimum Gasteiger partial charge on any atom is -0.468 e. The van der Waals surface area contributed by atoms with Gasteiger partial charge in [-0.3, -0.25) is 9.78 Å². The van der Waals surface area contributed by atoms with Crippen LogP contribution in [0.5, 0.6) is 0 Å². The van der Waals surface area contributed by atoms with Gasteiger partial charge < -0.3 is 10.1 Å². The molecule has 1 N–H and O–H groups in total. The molecule has 0 amide bonds. The summed E-state index contributed by atoms with van der Waals surface area (Å²) in [6.45, 7) is 2.33. The number of nitrogens with one attached hydrogen (secondary N) is 1. The first kappa shape index (κ1) is 16.1. The summed E-state index contributed by atoms with van der Waals surface area (Å²) in [5, 5.41) is 4.22. The Morgan fingerprint density at radius 1 is 1.38 bits per heavy atom. The van der Waals surface area contributed by atoms with E-state index in [1.54, 1.807) is 12.4 Å². The van der Waals surface area contributed by atoms with Gasteiger partial charge in [-0.25, -0.2) is 4.98 Å². The molecule has 1 heterocycles. The second-order valence-corrected chi connectivity index (χ2v) is 6.56. The normalized spacial score (nSPS) is 22.4. The molecule has 1 saturated carbocycles. The van der Waals surface area contributed by atoms with E-state index < -0.39 is 0 Å². The Labute approximate surface area is 130 Å². The first-order valence-corrected chi connectivity index (χ1v) is 8.44. The molecule has 2 unspecified atom stereocenters. The minimum absolute atomic E-state index is 0.252. The molecule has 0 radical (unpaired) electrons. The molecule has 116 valence electrons. The highest BCUT2D eigenvalue weighted by Crippen LogP contribution is 2.25. The number of carbonyl (C=O) groups excluding carboxylic acids is 1. The molecule has 21 heavy (non-hydrogen) atoms. The smallest absolute Gasteiger partial charge is 0.316 e. The molecule has 1 aliphatic carbocycles. The maximum absolute atomic E-state index is 11.1. The Kier molecular flexibility index (Phi) is 6.29. The van der Waals surface area contributed by atoms with Crippen LogP contribution in [0, 0.1) is 5.92 Å². The first-order valence-electron chi connectivity index (χ1n) is 7.45. The monoisotopic (exact) mass is 309 g/mol. The molecule has 6 heteroatoms. The number of nitrogens with zero attached hydrogens (tertiary/aromatic N) is 2. The molecule has 1 fully saturated rings.